The molecule has 0 amide bonds. The number of imidazole rings is 1. The van der Waals surface area contributed by atoms with Crippen LogP contribution in [0.5, 0.6) is 0 Å². The summed E-state index contributed by atoms with van der Waals surface area (Å²) in [5, 5.41) is 0.925. The Hall–Kier alpha value is -2.42. The summed E-state index contributed by atoms with van der Waals surface area (Å²) < 4.78 is 1.99. The van der Waals surface area contributed by atoms with Crippen molar-refractivity contribution in [2.45, 2.75) is 0 Å². The van der Waals surface area contributed by atoms with Gasteiger partial charge >= 0.3 is 0 Å². The van der Waals surface area contributed by atoms with Gasteiger partial charge in [0.2, 0.25) is 0 Å². The number of hydrogen-bond acceptors (Lipinski definition) is 2. The normalized spacial score (nSPS) is 14.2. The molecule has 0 unspecified atom stereocenters. The highest BCUT2D eigenvalue weighted by Gasteiger charge is 2.15. The van der Waals surface area contributed by atoms with Crippen LogP contribution < -0.4 is 5.22 Å². The summed E-state index contributed by atoms with van der Waals surface area (Å²) in [6, 6.07) is 7.94. The summed E-state index contributed by atoms with van der Waals surface area (Å²) in [5.41, 5.74) is 3.60. The van der Waals surface area contributed by atoms with E-state index < -0.39 is 0 Å². The number of nitrogens with zero attached hydrogens (tertiary/aromatic N) is 2. The van der Waals surface area contributed by atoms with E-state index in [2.05, 4.69) is 4.98 Å². The fourth-order valence-corrected chi connectivity index (χ4v) is 2.37. The zero-order chi connectivity index (χ0) is 11.4. The van der Waals surface area contributed by atoms with Gasteiger partial charge in [-0.1, -0.05) is 24.3 Å². The van der Waals surface area contributed by atoms with Crippen LogP contribution in [0.1, 0.15) is 10.4 Å². The van der Waals surface area contributed by atoms with E-state index in [0.717, 1.165) is 27.5 Å². The third-order valence-electron chi connectivity index (χ3n) is 3.16. The highest BCUT2D eigenvalue weighted by Crippen LogP contribution is 2.17. The second kappa shape index (κ2) is 2.83. The van der Waals surface area contributed by atoms with Gasteiger partial charge in [-0.15, -0.1) is 0 Å². The largest absolute Gasteiger partial charge is 0.298 e. The molecule has 3 nitrogen and oxygen atoms in total. The van der Waals surface area contributed by atoms with E-state index in [1.54, 1.807) is 12.2 Å². The maximum Gasteiger partial charge on any atom is 0.188 e. The molecule has 17 heavy (non-hydrogen) atoms. The number of allylic oxidation sites excluding steroid dienone is 2. The average molecular weight is 220 g/mol. The van der Waals surface area contributed by atoms with Gasteiger partial charge in [-0.25, -0.2) is 4.98 Å². The van der Waals surface area contributed by atoms with Crippen molar-refractivity contribution in [2.24, 2.45) is 0 Å². The fourth-order valence-electron chi connectivity index (χ4n) is 2.37. The molecule has 3 heteroatoms. The molecule has 1 aliphatic carbocycles. The van der Waals surface area contributed by atoms with Crippen LogP contribution in [0.15, 0.2) is 42.6 Å². The van der Waals surface area contributed by atoms with Gasteiger partial charge in [0.1, 0.15) is 5.65 Å². The molecule has 1 aliphatic rings. The van der Waals surface area contributed by atoms with Crippen LogP contribution in [0, 0.1) is 0 Å². The van der Waals surface area contributed by atoms with Gasteiger partial charge in [-0.05, 0) is 18.2 Å². The monoisotopic (exact) mass is 220 g/mol. The van der Waals surface area contributed by atoms with Gasteiger partial charge in [0.15, 0.2) is 5.78 Å². The number of ketones is 1. The maximum absolute atomic E-state index is 11.7. The first kappa shape index (κ1) is 8.70. The predicted octanol–water partition coefficient (Wildman–Crippen LogP) is 1.74. The lowest BCUT2D eigenvalue weighted by Gasteiger charge is -1.94. The molecular weight excluding hydrogens is 212 g/mol. The Morgan fingerprint density at radius 2 is 2.06 bits per heavy atom. The molecule has 2 heterocycles. The molecule has 0 radical (unpaired) electrons. The number of carbonyl (C=O) groups excluding carboxylic acids is 1. The summed E-state index contributed by atoms with van der Waals surface area (Å²) in [6.07, 6.45) is 7.19. The van der Waals surface area contributed by atoms with Crippen molar-refractivity contribution in [3.05, 3.63) is 53.4 Å². The van der Waals surface area contributed by atoms with E-state index in [0.29, 0.717) is 0 Å². The topological polar surface area (TPSA) is 34.4 Å². The predicted molar refractivity (Wildman–Crippen MR) is 65.9 cm³/mol. The van der Waals surface area contributed by atoms with Crippen molar-refractivity contribution in [3.8, 4) is 0 Å². The van der Waals surface area contributed by atoms with Crippen LogP contribution in [0.2, 0.25) is 0 Å². The molecule has 80 valence electrons. The Labute approximate surface area is 96.7 Å². The van der Waals surface area contributed by atoms with Crippen LogP contribution in [-0.2, 0) is 0 Å². The van der Waals surface area contributed by atoms with Crippen LogP contribution in [-0.4, -0.2) is 15.2 Å². The minimum absolute atomic E-state index is 0.0529. The molecule has 2 aromatic heterocycles. The molecule has 0 spiro atoms. The molecule has 4 rings (SSSR count). The quantitative estimate of drug-likeness (QED) is 0.578. The SMILES string of the molecule is O=C1C=CC=c2c1cn1c2nc2ccccc21. The Morgan fingerprint density at radius 3 is 3.00 bits per heavy atom. The van der Waals surface area contributed by atoms with E-state index in [9.17, 15) is 4.79 Å². The van der Waals surface area contributed by atoms with Crippen molar-refractivity contribution in [3.63, 3.8) is 0 Å². The van der Waals surface area contributed by atoms with Crippen molar-refractivity contribution < 1.29 is 4.79 Å². The lowest BCUT2D eigenvalue weighted by Crippen LogP contribution is -2.12. The van der Waals surface area contributed by atoms with Crippen molar-refractivity contribution in [2.75, 3.05) is 0 Å². The average Bonchev–Trinajstić information content (AvgIpc) is 2.87. The number of benzene rings is 1. The highest BCUT2D eigenvalue weighted by atomic mass is 16.1. The van der Waals surface area contributed by atoms with E-state index in [1.807, 2.05) is 40.9 Å². The number of rotatable bonds is 0. The zero-order valence-electron chi connectivity index (χ0n) is 8.92. The van der Waals surface area contributed by atoms with E-state index in [1.165, 1.54) is 0 Å². The molecule has 3 aromatic rings. The number of para-hydroxylation sites is 2. The maximum atomic E-state index is 11.7. The molecule has 0 fully saturated rings. The van der Waals surface area contributed by atoms with E-state index in [-0.39, 0.29) is 5.78 Å². The molecule has 0 aliphatic heterocycles. The summed E-state index contributed by atoms with van der Waals surface area (Å²) in [7, 11) is 0. The van der Waals surface area contributed by atoms with Crippen LogP contribution in [0.4, 0.5) is 0 Å². The molecule has 1 aromatic carbocycles. The third kappa shape index (κ3) is 1.00. The first-order valence-electron chi connectivity index (χ1n) is 5.47. The zero-order valence-corrected chi connectivity index (χ0v) is 8.92. The van der Waals surface area contributed by atoms with Gasteiger partial charge in [0.25, 0.3) is 0 Å². The number of aromatic nitrogens is 2. The summed E-state index contributed by atoms with van der Waals surface area (Å²) >= 11 is 0. The van der Waals surface area contributed by atoms with E-state index in [4.69, 9.17) is 0 Å². The highest BCUT2D eigenvalue weighted by molar-refractivity contribution is 6.08. The third-order valence-corrected chi connectivity index (χ3v) is 3.16. The minimum atomic E-state index is 0.0529. The number of hydrogen-bond donors (Lipinski definition) is 0. The van der Waals surface area contributed by atoms with Crippen LogP contribution in [0.25, 0.3) is 22.8 Å². The van der Waals surface area contributed by atoms with Gasteiger partial charge in [0.05, 0.1) is 11.0 Å². The molecule has 0 atom stereocenters. The van der Waals surface area contributed by atoms with E-state index >= 15 is 0 Å². The second-order valence-corrected chi connectivity index (χ2v) is 4.14. The molecule has 0 saturated carbocycles. The fraction of sp³-hybridized carbons (Fsp3) is 0. The van der Waals surface area contributed by atoms with Gasteiger partial charge in [-0.2, -0.15) is 0 Å². The van der Waals surface area contributed by atoms with Gasteiger partial charge in [-0.3, -0.25) is 9.20 Å². The van der Waals surface area contributed by atoms with Crippen LogP contribution >= 0.6 is 0 Å². The summed E-state index contributed by atoms with van der Waals surface area (Å²) in [6.45, 7) is 0. The first-order valence-corrected chi connectivity index (χ1v) is 5.47. The molecular formula is C14H8N2O. The Balaban J connectivity index is 2.28. The number of fused-ring (bicyclic) bond motifs is 5. The van der Waals surface area contributed by atoms with Crippen molar-refractivity contribution in [1.82, 2.24) is 9.38 Å². The van der Waals surface area contributed by atoms with Crippen molar-refractivity contribution >= 4 is 28.5 Å². The lowest BCUT2D eigenvalue weighted by atomic mass is 10.1. The second-order valence-electron chi connectivity index (χ2n) is 4.14. The van der Waals surface area contributed by atoms with Gasteiger partial charge < -0.3 is 0 Å². The Morgan fingerprint density at radius 1 is 1.18 bits per heavy atom. The van der Waals surface area contributed by atoms with Gasteiger partial charge in [0, 0.05) is 17.0 Å². The van der Waals surface area contributed by atoms with Crippen molar-refractivity contribution in [1.29, 1.82) is 0 Å². The molecule has 0 saturated heterocycles. The first-order chi connectivity index (χ1) is 8.34. The van der Waals surface area contributed by atoms with Crippen LogP contribution in [0.3, 0.4) is 0 Å². The molecule has 0 N–H and O–H groups in total. The summed E-state index contributed by atoms with van der Waals surface area (Å²) in [5.74, 6) is 0.0529. The number of carbonyl (C=O) groups is 1. The summed E-state index contributed by atoms with van der Waals surface area (Å²) in [4.78, 5) is 16.3. The Kier molecular flexibility index (Phi) is 1.45. The standard InChI is InChI=1S/C14H8N2O/c17-13-7-3-4-9-10(13)8-16-12-6-2-1-5-11(12)15-14(9)16/h1-8H. The minimum Gasteiger partial charge on any atom is -0.298 e. The smallest absolute Gasteiger partial charge is 0.188 e. The lowest BCUT2D eigenvalue weighted by molar-refractivity contribution is 0.104. The molecule has 0 bridgehead atoms. The Bertz CT molecular complexity index is 855.